The lowest BCUT2D eigenvalue weighted by atomic mass is 10.2. The molecule has 3 aromatic rings. The first-order chi connectivity index (χ1) is 16.0. The first kappa shape index (κ1) is 24.3. The highest BCUT2D eigenvalue weighted by molar-refractivity contribution is 6.32. The summed E-state index contributed by atoms with van der Waals surface area (Å²) in [6, 6.07) is 9.96. The minimum absolute atomic E-state index is 0.0710. The summed E-state index contributed by atoms with van der Waals surface area (Å²) in [5.41, 5.74) is 4.16. The van der Waals surface area contributed by atoms with Gasteiger partial charge in [-0.05, 0) is 24.3 Å². The molecule has 0 saturated carbocycles. The third-order valence-electron chi connectivity index (χ3n) is 4.49. The van der Waals surface area contributed by atoms with Gasteiger partial charge in [0.2, 0.25) is 0 Å². The van der Waals surface area contributed by atoms with Crippen molar-refractivity contribution in [2.24, 2.45) is 7.05 Å². The number of esters is 2. The molecule has 0 fully saturated rings. The maximum absolute atomic E-state index is 13.0. The van der Waals surface area contributed by atoms with Crippen molar-refractivity contribution in [3.8, 4) is 17.2 Å². The molecular weight excluding hydrogens is 468 g/mol. The number of rotatable bonds is 5. The summed E-state index contributed by atoms with van der Waals surface area (Å²) in [4.78, 5) is 61.2. The van der Waals surface area contributed by atoms with E-state index in [0.717, 1.165) is 23.0 Å². The van der Waals surface area contributed by atoms with Crippen LogP contribution in [-0.4, -0.2) is 27.0 Å². The molecule has 1 amide bonds. The number of amides is 1. The summed E-state index contributed by atoms with van der Waals surface area (Å²) in [7, 11) is 1.22. The van der Waals surface area contributed by atoms with E-state index in [2.05, 4.69) is 5.32 Å². The molecule has 0 radical (unpaired) electrons. The molecule has 1 aromatic heterocycles. The maximum atomic E-state index is 13.0. The molecule has 1 heterocycles. The number of anilines is 2. The van der Waals surface area contributed by atoms with Crippen LogP contribution in [0.2, 0.25) is 5.02 Å². The summed E-state index contributed by atoms with van der Waals surface area (Å²) in [5, 5.41) is 2.56. The number of para-hydroxylation sites is 1. The lowest BCUT2D eigenvalue weighted by molar-refractivity contribution is -0.132. The number of aromatic nitrogens is 2. The molecule has 0 aliphatic rings. The number of nitrogens with zero attached hydrogens (tertiary/aromatic N) is 2. The Morgan fingerprint density at radius 2 is 1.53 bits per heavy atom. The van der Waals surface area contributed by atoms with Crippen LogP contribution in [0.4, 0.5) is 11.5 Å². The van der Waals surface area contributed by atoms with Gasteiger partial charge in [-0.3, -0.25) is 23.7 Å². The van der Waals surface area contributed by atoms with Gasteiger partial charge in [0.15, 0.2) is 0 Å². The van der Waals surface area contributed by atoms with Gasteiger partial charge < -0.3 is 20.5 Å². The average Bonchev–Trinajstić information content (AvgIpc) is 2.75. The van der Waals surface area contributed by atoms with Crippen molar-refractivity contribution in [2.75, 3.05) is 11.1 Å². The van der Waals surface area contributed by atoms with E-state index in [0.29, 0.717) is 0 Å². The minimum Gasteiger partial charge on any atom is -0.427 e. The highest BCUT2D eigenvalue weighted by Crippen LogP contribution is 2.26. The lowest BCUT2D eigenvalue weighted by Gasteiger charge is -2.16. The van der Waals surface area contributed by atoms with Crippen molar-refractivity contribution < 1.29 is 23.9 Å². The van der Waals surface area contributed by atoms with Gasteiger partial charge >= 0.3 is 17.6 Å². The Labute approximate surface area is 197 Å². The topological polar surface area (TPSA) is 152 Å². The smallest absolute Gasteiger partial charge is 0.337 e. The second-order valence-corrected chi connectivity index (χ2v) is 7.44. The van der Waals surface area contributed by atoms with Gasteiger partial charge in [-0.25, -0.2) is 9.36 Å². The van der Waals surface area contributed by atoms with E-state index in [1.807, 2.05) is 0 Å². The number of ether oxygens (including phenoxy) is 2. The Hall–Kier alpha value is -4.38. The highest BCUT2D eigenvalue weighted by Gasteiger charge is 2.21. The number of benzene rings is 2. The van der Waals surface area contributed by atoms with Crippen LogP contribution in [0, 0.1) is 0 Å². The summed E-state index contributed by atoms with van der Waals surface area (Å²) >= 11 is 6.19. The Morgan fingerprint density at radius 3 is 2.06 bits per heavy atom. The zero-order chi connectivity index (χ0) is 25.2. The third kappa shape index (κ3) is 4.99. The first-order valence-electron chi connectivity index (χ1n) is 9.69. The molecule has 3 N–H and O–H groups in total. The Kier molecular flexibility index (Phi) is 6.87. The maximum Gasteiger partial charge on any atom is 0.337 e. The summed E-state index contributed by atoms with van der Waals surface area (Å²) < 4.78 is 11.7. The van der Waals surface area contributed by atoms with E-state index in [9.17, 15) is 24.0 Å². The SMILES string of the molecule is CC(=O)Oc1cc(OC(C)=O)cc(C(=O)Nc2c(N)n(-c3ccccc3Cl)c(=O)n(C)c2=O)c1. The van der Waals surface area contributed by atoms with Crippen LogP contribution in [-0.2, 0) is 16.6 Å². The van der Waals surface area contributed by atoms with Crippen molar-refractivity contribution in [2.45, 2.75) is 13.8 Å². The molecule has 176 valence electrons. The number of nitrogen functional groups attached to an aromatic ring is 1. The predicted octanol–water partition coefficient (Wildman–Crippen LogP) is 1.87. The molecule has 3 rings (SSSR count). The largest absolute Gasteiger partial charge is 0.427 e. The third-order valence-corrected chi connectivity index (χ3v) is 4.81. The van der Waals surface area contributed by atoms with Crippen molar-refractivity contribution in [1.29, 1.82) is 0 Å². The standard InChI is InChI=1S/C22H19ClN4O7/c1-11(28)33-14-8-13(9-15(10-14)34-12(2)29)20(30)25-18-19(24)27(22(32)26(3)21(18)31)17-7-5-4-6-16(17)23/h4-10H,24H2,1-3H3,(H,25,30). The average molecular weight is 487 g/mol. The van der Waals surface area contributed by atoms with E-state index in [1.54, 1.807) is 12.1 Å². The summed E-state index contributed by atoms with van der Waals surface area (Å²) in [6.07, 6.45) is 0. The fraction of sp³-hybridized carbons (Fsp3) is 0.136. The van der Waals surface area contributed by atoms with Crippen LogP contribution in [0.5, 0.6) is 11.5 Å². The Morgan fingerprint density at radius 1 is 0.971 bits per heavy atom. The molecule has 34 heavy (non-hydrogen) atoms. The second-order valence-electron chi connectivity index (χ2n) is 7.03. The quantitative estimate of drug-likeness (QED) is 0.409. The van der Waals surface area contributed by atoms with Crippen LogP contribution in [0.1, 0.15) is 24.2 Å². The van der Waals surface area contributed by atoms with Crippen LogP contribution in [0.25, 0.3) is 5.69 Å². The van der Waals surface area contributed by atoms with Gasteiger partial charge in [0.25, 0.3) is 11.5 Å². The van der Waals surface area contributed by atoms with Crippen molar-refractivity contribution >= 4 is 41.0 Å². The molecule has 0 spiro atoms. The van der Waals surface area contributed by atoms with Crippen molar-refractivity contribution in [1.82, 2.24) is 9.13 Å². The fourth-order valence-electron chi connectivity index (χ4n) is 3.05. The molecule has 0 atom stereocenters. The molecule has 0 aliphatic heterocycles. The van der Waals surface area contributed by atoms with Gasteiger partial charge in [0, 0.05) is 32.5 Å². The fourth-order valence-corrected chi connectivity index (χ4v) is 3.27. The van der Waals surface area contributed by atoms with E-state index in [1.165, 1.54) is 37.4 Å². The van der Waals surface area contributed by atoms with Gasteiger partial charge in [-0.2, -0.15) is 0 Å². The number of carbonyl (C=O) groups excluding carboxylic acids is 3. The number of halogens is 1. The van der Waals surface area contributed by atoms with Crippen LogP contribution < -0.4 is 31.8 Å². The molecule has 12 heteroatoms. The lowest BCUT2D eigenvalue weighted by Crippen LogP contribution is -2.40. The molecule has 2 aromatic carbocycles. The zero-order valence-corrected chi connectivity index (χ0v) is 19.0. The number of nitrogens with two attached hydrogens (primary N) is 1. The molecule has 0 bridgehead atoms. The van der Waals surface area contributed by atoms with E-state index in [4.69, 9.17) is 26.8 Å². The van der Waals surface area contributed by atoms with Crippen molar-refractivity contribution in [3.63, 3.8) is 0 Å². The number of hydrogen-bond acceptors (Lipinski definition) is 8. The first-order valence-corrected chi connectivity index (χ1v) is 10.1. The van der Waals surface area contributed by atoms with Gasteiger partial charge in [-0.15, -0.1) is 0 Å². The number of nitrogens with one attached hydrogen (secondary N) is 1. The van der Waals surface area contributed by atoms with E-state index in [-0.39, 0.29) is 39.3 Å². The molecular formula is C22H19ClN4O7. The minimum atomic E-state index is -0.865. The van der Waals surface area contributed by atoms with E-state index < -0.39 is 29.1 Å². The Bertz CT molecular complexity index is 1410. The monoisotopic (exact) mass is 486 g/mol. The van der Waals surface area contributed by atoms with Crippen LogP contribution in [0.15, 0.2) is 52.1 Å². The molecule has 0 aliphatic carbocycles. The number of hydrogen-bond donors (Lipinski definition) is 2. The van der Waals surface area contributed by atoms with E-state index >= 15 is 0 Å². The molecule has 11 nitrogen and oxygen atoms in total. The highest BCUT2D eigenvalue weighted by atomic mass is 35.5. The Balaban J connectivity index is 2.11. The summed E-state index contributed by atoms with van der Waals surface area (Å²) in [5.74, 6) is -2.69. The van der Waals surface area contributed by atoms with Gasteiger partial charge in [0.1, 0.15) is 23.0 Å². The van der Waals surface area contributed by atoms with Gasteiger partial charge in [-0.1, -0.05) is 23.7 Å². The second kappa shape index (κ2) is 9.63. The normalized spacial score (nSPS) is 10.5. The van der Waals surface area contributed by atoms with Crippen LogP contribution >= 0.6 is 11.6 Å². The molecule has 0 saturated heterocycles. The van der Waals surface area contributed by atoms with Crippen molar-refractivity contribution in [3.05, 3.63) is 73.9 Å². The summed E-state index contributed by atoms with van der Waals surface area (Å²) in [6.45, 7) is 2.31. The van der Waals surface area contributed by atoms with Crippen LogP contribution in [0.3, 0.4) is 0 Å². The zero-order valence-electron chi connectivity index (χ0n) is 18.2. The van der Waals surface area contributed by atoms with Gasteiger partial charge in [0.05, 0.1) is 10.7 Å². The number of carbonyl (C=O) groups is 3. The predicted molar refractivity (Wildman–Crippen MR) is 124 cm³/mol. The molecule has 0 unspecified atom stereocenters.